The average Bonchev–Trinajstić information content (AvgIpc) is 3.25. The Morgan fingerprint density at radius 1 is 1.05 bits per heavy atom. The van der Waals surface area contributed by atoms with Crippen LogP contribution in [0.2, 0.25) is 0 Å². The minimum atomic E-state index is -5.08. The summed E-state index contributed by atoms with van der Waals surface area (Å²) < 4.78 is 63.5. The molecule has 1 atom stereocenters. The van der Waals surface area contributed by atoms with E-state index in [0.29, 0.717) is 24.1 Å². The molecule has 0 aromatic carbocycles. The van der Waals surface area contributed by atoms with E-state index in [4.69, 9.17) is 31.3 Å². The third-order valence-corrected chi connectivity index (χ3v) is 5.89. The normalized spacial score (nSPS) is 15.1. The number of carboxylic acids is 2. The van der Waals surface area contributed by atoms with Crippen LogP contribution >= 0.6 is 11.3 Å². The Bertz CT molecular complexity index is 913. The van der Waals surface area contributed by atoms with Crippen LogP contribution in [0.5, 0.6) is 0 Å². The number of rotatable bonds is 7. The summed E-state index contributed by atoms with van der Waals surface area (Å²) in [7, 11) is 0. The standard InChI is InChI=1S/C16H29N7OS.2C2HF3O2/c1-11(12-6-3-2-4-7-12)10-20-16(24)21-14(17)19-9-5-8-13-22-23-15(18)25-13;2*3-2(4,5)1(6)7/h11-12H,2-10H2,1H3,(H2,18,23)(H4,17,19,20,21,24);2*(H,6,7). The Morgan fingerprint density at radius 3 is 2.00 bits per heavy atom. The van der Waals surface area contributed by atoms with Gasteiger partial charge in [0.25, 0.3) is 0 Å². The molecule has 39 heavy (non-hydrogen) atoms. The van der Waals surface area contributed by atoms with Crippen molar-refractivity contribution in [2.75, 3.05) is 18.8 Å². The lowest BCUT2D eigenvalue weighted by Crippen LogP contribution is -2.45. The minimum absolute atomic E-state index is 0.139. The number of nitrogens with two attached hydrogens (primary N) is 2. The van der Waals surface area contributed by atoms with E-state index < -0.39 is 24.3 Å². The van der Waals surface area contributed by atoms with E-state index in [9.17, 15) is 31.1 Å². The monoisotopic (exact) mass is 595 g/mol. The third kappa shape index (κ3) is 17.7. The summed E-state index contributed by atoms with van der Waals surface area (Å²) in [6.07, 6.45) is -2.14. The van der Waals surface area contributed by atoms with Crippen molar-refractivity contribution in [2.24, 2.45) is 22.6 Å². The molecule has 1 aromatic heterocycles. The van der Waals surface area contributed by atoms with Crippen molar-refractivity contribution in [3.8, 4) is 0 Å². The Kier molecular flexibility index (Phi) is 15.8. The number of aliphatic carboxylic acids is 2. The van der Waals surface area contributed by atoms with Gasteiger partial charge < -0.3 is 27.0 Å². The molecule has 1 aromatic rings. The van der Waals surface area contributed by atoms with Gasteiger partial charge in [0.2, 0.25) is 5.13 Å². The van der Waals surface area contributed by atoms with Gasteiger partial charge in [0.1, 0.15) is 5.01 Å². The summed E-state index contributed by atoms with van der Waals surface area (Å²) in [5.41, 5.74) is 11.3. The van der Waals surface area contributed by atoms with Gasteiger partial charge >= 0.3 is 30.3 Å². The number of aliphatic imine (C=N–C) groups is 1. The number of hydrogen-bond acceptors (Lipinski definition) is 8. The lowest BCUT2D eigenvalue weighted by Gasteiger charge is -2.27. The van der Waals surface area contributed by atoms with Crippen LogP contribution in [0.3, 0.4) is 0 Å². The highest BCUT2D eigenvalue weighted by atomic mass is 32.1. The topological polar surface area (TPSA) is 206 Å². The molecule has 8 N–H and O–H groups in total. The second-order valence-electron chi connectivity index (χ2n) is 8.22. The average molecular weight is 596 g/mol. The molecule has 12 nitrogen and oxygen atoms in total. The smallest absolute Gasteiger partial charge is 0.475 e. The SMILES string of the molecule is CC(CNC(=O)NC(N)=NCCCc1nnc(N)s1)C1CCCCC1.O=C(O)C(F)(F)F.O=C(O)C(F)(F)F. The first-order valence-corrected chi connectivity index (χ1v) is 12.3. The Balaban J connectivity index is 0.000000848. The van der Waals surface area contributed by atoms with Crippen LogP contribution in [0.1, 0.15) is 50.5 Å². The highest BCUT2D eigenvalue weighted by molar-refractivity contribution is 7.15. The van der Waals surface area contributed by atoms with Gasteiger partial charge in [0.05, 0.1) is 0 Å². The van der Waals surface area contributed by atoms with Crippen LogP contribution in [-0.4, -0.2) is 69.8 Å². The second kappa shape index (κ2) is 17.3. The third-order valence-electron chi connectivity index (χ3n) is 5.08. The van der Waals surface area contributed by atoms with Crippen molar-refractivity contribution < 1.29 is 50.9 Å². The number of urea groups is 1. The molecule has 1 aliphatic rings. The van der Waals surface area contributed by atoms with E-state index >= 15 is 0 Å². The first-order chi connectivity index (χ1) is 17.9. The maximum atomic E-state index is 11.9. The maximum absolute atomic E-state index is 11.9. The van der Waals surface area contributed by atoms with Crippen LogP contribution in [0, 0.1) is 11.8 Å². The van der Waals surface area contributed by atoms with E-state index in [2.05, 4.69) is 32.7 Å². The van der Waals surface area contributed by atoms with Gasteiger partial charge in [0, 0.05) is 19.5 Å². The van der Waals surface area contributed by atoms with Crippen LogP contribution in [0.15, 0.2) is 4.99 Å². The number of nitrogens with one attached hydrogen (secondary N) is 2. The summed E-state index contributed by atoms with van der Waals surface area (Å²) >= 11 is 1.37. The first kappa shape index (κ1) is 35.6. The number of alkyl halides is 6. The number of carbonyl (C=O) groups excluding carboxylic acids is 1. The maximum Gasteiger partial charge on any atom is 0.490 e. The number of nitrogen functional groups attached to an aromatic ring is 1. The lowest BCUT2D eigenvalue weighted by molar-refractivity contribution is -0.193. The number of carbonyl (C=O) groups is 3. The zero-order chi connectivity index (χ0) is 30.2. The summed E-state index contributed by atoms with van der Waals surface area (Å²) in [5.74, 6) is -4.17. The molecule has 1 heterocycles. The van der Waals surface area contributed by atoms with E-state index in [1.54, 1.807) is 0 Å². The summed E-state index contributed by atoms with van der Waals surface area (Å²) in [6, 6.07) is -0.291. The number of anilines is 1. The van der Waals surface area contributed by atoms with E-state index in [0.717, 1.165) is 23.8 Å². The van der Waals surface area contributed by atoms with Crippen LogP contribution in [0.4, 0.5) is 36.3 Å². The van der Waals surface area contributed by atoms with Crippen molar-refractivity contribution in [1.82, 2.24) is 20.8 Å². The number of nitrogens with zero attached hydrogens (tertiary/aromatic N) is 3. The van der Waals surface area contributed by atoms with Crippen LogP contribution in [0.25, 0.3) is 0 Å². The molecule has 2 amide bonds. The number of guanidine groups is 1. The second-order valence-corrected chi connectivity index (χ2v) is 9.31. The number of carboxylic acid groups (broad SMARTS) is 2. The summed E-state index contributed by atoms with van der Waals surface area (Å²) in [6.45, 7) is 3.39. The van der Waals surface area contributed by atoms with Gasteiger partial charge in [0.15, 0.2) is 5.96 Å². The molecule has 0 spiro atoms. The van der Waals surface area contributed by atoms with Gasteiger partial charge in [-0.2, -0.15) is 26.3 Å². The molecule has 2 rings (SSSR count). The van der Waals surface area contributed by atoms with Crippen molar-refractivity contribution in [1.29, 1.82) is 0 Å². The van der Waals surface area contributed by atoms with E-state index in [-0.39, 0.29) is 12.0 Å². The highest BCUT2D eigenvalue weighted by Crippen LogP contribution is 2.29. The van der Waals surface area contributed by atoms with Gasteiger partial charge in [-0.1, -0.05) is 50.4 Å². The molecule has 1 aliphatic carbocycles. The van der Waals surface area contributed by atoms with Gasteiger partial charge in [-0.05, 0) is 18.3 Å². The first-order valence-electron chi connectivity index (χ1n) is 11.5. The quantitative estimate of drug-likeness (QED) is 0.118. The predicted octanol–water partition coefficient (Wildman–Crippen LogP) is 3.15. The number of halogens is 6. The van der Waals surface area contributed by atoms with Gasteiger partial charge in [-0.25, -0.2) is 14.4 Å². The van der Waals surface area contributed by atoms with Gasteiger partial charge in [-0.15, -0.1) is 10.2 Å². The van der Waals surface area contributed by atoms with Crippen LogP contribution < -0.4 is 22.1 Å². The van der Waals surface area contributed by atoms with E-state index in [1.165, 1.54) is 43.4 Å². The molecular formula is C20H31F6N7O5S. The summed E-state index contributed by atoms with van der Waals surface area (Å²) in [4.78, 5) is 33.8. The van der Waals surface area contributed by atoms with E-state index in [1.807, 2.05) is 0 Å². The molecule has 1 saturated carbocycles. The molecule has 224 valence electrons. The number of aryl methyl sites for hydroxylation is 1. The molecule has 1 fully saturated rings. The molecule has 19 heteroatoms. The zero-order valence-corrected chi connectivity index (χ0v) is 21.6. The summed E-state index contributed by atoms with van der Waals surface area (Å²) in [5, 5.41) is 28.8. The van der Waals surface area contributed by atoms with Crippen molar-refractivity contribution >= 4 is 40.4 Å². The number of aromatic nitrogens is 2. The number of hydrogen-bond donors (Lipinski definition) is 6. The predicted molar refractivity (Wildman–Crippen MR) is 129 cm³/mol. The molecule has 0 bridgehead atoms. The Hall–Kier alpha value is -3.38. The largest absolute Gasteiger partial charge is 0.490 e. The fourth-order valence-electron chi connectivity index (χ4n) is 3.12. The number of amides is 2. The minimum Gasteiger partial charge on any atom is -0.475 e. The molecule has 0 saturated heterocycles. The van der Waals surface area contributed by atoms with Crippen LogP contribution in [-0.2, 0) is 16.0 Å². The fraction of sp³-hybridized carbons (Fsp3) is 0.700. The molecular weight excluding hydrogens is 564 g/mol. The van der Waals surface area contributed by atoms with Gasteiger partial charge in [-0.3, -0.25) is 10.3 Å². The lowest BCUT2D eigenvalue weighted by atomic mass is 9.81. The zero-order valence-electron chi connectivity index (χ0n) is 20.8. The molecule has 0 radical (unpaired) electrons. The Morgan fingerprint density at radius 2 is 1.56 bits per heavy atom. The highest BCUT2D eigenvalue weighted by Gasteiger charge is 2.38. The fourth-order valence-corrected chi connectivity index (χ4v) is 3.77. The Labute approximate surface area is 223 Å². The van der Waals surface area contributed by atoms with Crippen molar-refractivity contribution in [3.63, 3.8) is 0 Å². The molecule has 0 aliphatic heterocycles. The van der Waals surface area contributed by atoms with Crippen molar-refractivity contribution in [2.45, 2.75) is 64.2 Å². The molecule has 1 unspecified atom stereocenters. The van der Waals surface area contributed by atoms with Crippen molar-refractivity contribution in [3.05, 3.63) is 5.01 Å².